The van der Waals surface area contributed by atoms with E-state index in [9.17, 15) is 9.59 Å². The van der Waals surface area contributed by atoms with Crippen molar-refractivity contribution in [3.8, 4) is 0 Å². The van der Waals surface area contributed by atoms with Crippen LogP contribution in [0.3, 0.4) is 0 Å². The van der Waals surface area contributed by atoms with Gasteiger partial charge in [-0.2, -0.15) is 0 Å². The molecule has 0 bridgehead atoms. The maximum Gasteiger partial charge on any atom is 0.247 e. The summed E-state index contributed by atoms with van der Waals surface area (Å²) in [5.41, 5.74) is 13.8. The number of fused-ring (bicyclic) bond motifs is 1. The Kier molecular flexibility index (Phi) is 9.06. The number of nitrogens with two attached hydrogens (primary N) is 2. The highest BCUT2D eigenvalue weighted by Crippen LogP contribution is 2.28. The number of nitrogens with one attached hydrogen (secondary N) is 1. The van der Waals surface area contributed by atoms with Crippen LogP contribution in [0.2, 0.25) is 0 Å². The van der Waals surface area contributed by atoms with E-state index in [0.29, 0.717) is 38.6 Å². The Labute approximate surface area is 212 Å². The van der Waals surface area contributed by atoms with E-state index >= 15 is 0 Å². The number of likely N-dealkylation sites (tertiary alicyclic amines) is 1. The molecule has 0 spiro atoms. The molecule has 7 heteroatoms. The summed E-state index contributed by atoms with van der Waals surface area (Å²) in [5.74, 6) is -0.0778. The van der Waals surface area contributed by atoms with Crippen LogP contribution < -0.4 is 16.8 Å². The van der Waals surface area contributed by atoms with Crippen LogP contribution in [-0.2, 0) is 20.9 Å². The van der Waals surface area contributed by atoms with Gasteiger partial charge in [0.1, 0.15) is 6.04 Å². The first-order chi connectivity index (χ1) is 17.5. The predicted octanol–water partition coefficient (Wildman–Crippen LogP) is 2.92. The molecule has 4 rings (SSSR count). The van der Waals surface area contributed by atoms with E-state index in [1.54, 1.807) is 0 Å². The molecule has 0 aromatic heterocycles. The van der Waals surface area contributed by atoms with Gasteiger partial charge < -0.3 is 26.4 Å². The summed E-state index contributed by atoms with van der Waals surface area (Å²) in [7, 11) is 0. The Hall–Kier alpha value is -3.26. The summed E-state index contributed by atoms with van der Waals surface area (Å²) in [4.78, 5) is 27.9. The average molecular weight is 489 g/mol. The molecule has 1 aliphatic rings. The minimum Gasteiger partial charge on any atom is -0.374 e. The topological polar surface area (TPSA) is 111 Å². The van der Waals surface area contributed by atoms with Gasteiger partial charge in [0, 0.05) is 13.1 Å². The standard InChI is InChI=1S/C29H36N4O3/c30-15-12-26(31)28(34)32-27(20-36-19-21-10-11-23-8-4-5-9-25(23)18-21)29(35)33-16-13-24(14-17-33)22-6-2-1-3-7-22/h1-11,18,24,26-27H,12-17,19-20,30-31H2,(H,32,34)/t26-,27+/m1/s1. The Bertz CT molecular complexity index is 1150. The van der Waals surface area contributed by atoms with E-state index in [1.807, 2.05) is 29.2 Å². The minimum atomic E-state index is -0.796. The van der Waals surface area contributed by atoms with Crippen molar-refractivity contribution in [2.75, 3.05) is 26.2 Å². The molecule has 1 heterocycles. The van der Waals surface area contributed by atoms with Crippen molar-refractivity contribution in [2.24, 2.45) is 11.5 Å². The lowest BCUT2D eigenvalue weighted by Crippen LogP contribution is -2.55. The number of hydrogen-bond donors (Lipinski definition) is 3. The first-order valence-corrected chi connectivity index (χ1v) is 12.7. The SMILES string of the molecule is NCC[C@@H](N)C(=O)N[C@@H](COCc1ccc2ccccc2c1)C(=O)N1CCC(c2ccccc2)CC1. The van der Waals surface area contributed by atoms with Gasteiger partial charge in [-0.3, -0.25) is 9.59 Å². The molecule has 2 atom stereocenters. The highest BCUT2D eigenvalue weighted by molar-refractivity contribution is 5.90. The van der Waals surface area contributed by atoms with E-state index < -0.39 is 12.1 Å². The molecule has 2 amide bonds. The van der Waals surface area contributed by atoms with Crippen LogP contribution in [-0.4, -0.2) is 55.0 Å². The fourth-order valence-electron chi connectivity index (χ4n) is 4.77. The van der Waals surface area contributed by atoms with Gasteiger partial charge in [0.2, 0.25) is 11.8 Å². The number of nitrogens with zero attached hydrogens (tertiary/aromatic N) is 1. The van der Waals surface area contributed by atoms with Gasteiger partial charge in [-0.25, -0.2) is 0 Å². The van der Waals surface area contributed by atoms with E-state index in [4.69, 9.17) is 16.2 Å². The van der Waals surface area contributed by atoms with Crippen molar-refractivity contribution >= 4 is 22.6 Å². The van der Waals surface area contributed by atoms with Crippen molar-refractivity contribution in [3.63, 3.8) is 0 Å². The molecular weight excluding hydrogens is 452 g/mol. The third-order valence-electron chi connectivity index (χ3n) is 6.87. The Morgan fingerprint density at radius 2 is 1.67 bits per heavy atom. The number of ether oxygens (including phenoxy) is 1. The van der Waals surface area contributed by atoms with Gasteiger partial charge in [0.15, 0.2) is 0 Å². The van der Waals surface area contributed by atoms with Crippen LogP contribution >= 0.6 is 0 Å². The van der Waals surface area contributed by atoms with Crippen LogP contribution in [0.4, 0.5) is 0 Å². The highest BCUT2D eigenvalue weighted by Gasteiger charge is 2.31. The van der Waals surface area contributed by atoms with Crippen molar-refractivity contribution < 1.29 is 14.3 Å². The number of carbonyl (C=O) groups is 2. The van der Waals surface area contributed by atoms with E-state index in [2.05, 4.69) is 53.8 Å². The van der Waals surface area contributed by atoms with Crippen molar-refractivity contribution in [3.05, 3.63) is 83.9 Å². The quantitative estimate of drug-likeness (QED) is 0.406. The van der Waals surface area contributed by atoms with Crippen LogP contribution in [0.15, 0.2) is 72.8 Å². The molecule has 3 aromatic carbocycles. The van der Waals surface area contributed by atoms with Crippen molar-refractivity contribution in [1.29, 1.82) is 0 Å². The molecule has 1 aliphatic heterocycles. The zero-order chi connectivity index (χ0) is 25.3. The second-order valence-corrected chi connectivity index (χ2v) is 9.45. The zero-order valence-corrected chi connectivity index (χ0v) is 20.6. The summed E-state index contributed by atoms with van der Waals surface area (Å²) < 4.78 is 5.95. The normalized spacial score (nSPS) is 16.0. The van der Waals surface area contributed by atoms with Crippen molar-refractivity contribution in [1.82, 2.24) is 10.2 Å². The predicted molar refractivity (Wildman–Crippen MR) is 142 cm³/mol. The minimum absolute atomic E-state index is 0.0748. The number of carbonyl (C=O) groups excluding carboxylic acids is 2. The average Bonchev–Trinajstić information content (AvgIpc) is 2.92. The van der Waals surface area contributed by atoms with Gasteiger partial charge >= 0.3 is 0 Å². The Balaban J connectivity index is 1.38. The number of amides is 2. The molecule has 5 N–H and O–H groups in total. The summed E-state index contributed by atoms with van der Waals surface area (Å²) in [6.45, 7) is 2.01. The third kappa shape index (κ3) is 6.69. The van der Waals surface area contributed by atoms with Crippen LogP contribution in [0.25, 0.3) is 10.8 Å². The Morgan fingerprint density at radius 3 is 2.39 bits per heavy atom. The van der Waals surface area contributed by atoms with Crippen LogP contribution in [0.5, 0.6) is 0 Å². The number of hydrogen-bond acceptors (Lipinski definition) is 5. The molecule has 0 saturated carbocycles. The van der Waals surface area contributed by atoms with Gasteiger partial charge in [-0.15, -0.1) is 0 Å². The molecule has 36 heavy (non-hydrogen) atoms. The number of rotatable bonds is 10. The zero-order valence-electron chi connectivity index (χ0n) is 20.6. The molecule has 3 aromatic rings. The molecule has 0 aliphatic carbocycles. The van der Waals surface area contributed by atoms with Gasteiger partial charge in [0.05, 0.1) is 19.3 Å². The number of benzene rings is 3. The van der Waals surface area contributed by atoms with Gasteiger partial charge in [-0.05, 0) is 59.7 Å². The van der Waals surface area contributed by atoms with E-state index in [-0.39, 0.29) is 18.4 Å². The highest BCUT2D eigenvalue weighted by atomic mass is 16.5. The second kappa shape index (κ2) is 12.6. The molecule has 1 fully saturated rings. The van der Waals surface area contributed by atoms with E-state index in [0.717, 1.165) is 29.2 Å². The first kappa shape index (κ1) is 25.8. The number of piperidine rings is 1. The Morgan fingerprint density at radius 1 is 0.972 bits per heavy atom. The fourth-order valence-corrected chi connectivity index (χ4v) is 4.77. The molecule has 7 nitrogen and oxygen atoms in total. The molecule has 190 valence electrons. The lowest BCUT2D eigenvalue weighted by molar-refractivity contribution is -0.139. The lowest BCUT2D eigenvalue weighted by atomic mass is 9.89. The monoisotopic (exact) mass is 488 g/mol. The summed E-state index contributed by atoms with van der Waals surface area (Å²) in [5, 5.41) is 5.12. The largest absolute Gasteiger partial charge is 0.374 e. The molecule has 1 saturated heterocycles. The third-order valence-corrected chi connectivity index (χ3v) is 6.87. The molecule has 0 unspecified atom stereocenters. The van der Waals surface area contributed by atoms with Gasteiger partial charge in [-0.1, -0.05) is 66.7 Å². The first-order valence-electron chi connectivity index (χ1n) is 12.7. The fraction of sp³-hybridized carbons (Fsp3) is 0.379. The van der Waals surface area contributed by atoms with Crippen molar-refractivity contribution in [2.45, 2.75) is 43.9 Å². The summed E-state index contributed by atoms with van der Waals surface area (Å²) >= 11 is 0. The summed E-state index contributed by atoms with van der Waals surface area (Å²) in [6.07, 6.45) is 2.13. The summed E-state index contributed by atoms with van der Waals surface area (Å²) in [6, 6.07) is 23.1. The maximum absolute atomic E-state index is 13.4. The molecular formula is C29H36N4O3. The van der Waals surface area contributed by atoms with Crippen LogP contribution in [0, 0.1) is 0 Å². The van der Waals surface area contributed by atoms with Gasteiger partial charge in [0.25, 0.3) is 0 Å². The smallest absolute Gasteiger partial charge is 0.247 e. The second-order valence-electron chi connectivity index (χ2n) is 9.45. The molecule has 0 radical (unpaired) electrons. The van der Waals surface area contributed by atoms with Crippen LogP contribution in [0.1, 0.15) is 36.3 Å². The lowest BCUT2D eigenvalue weighted by Gasteiger charge is -2.34. The van der Waals surface area contributed by atoms with E-state index in [1.165, 1.54) is 5.56 Å². The maximum atomic E-state index is 13.4.